The second-order valence-corrected chi connectivity index (χ2v) is 8.07. The Kier molecular flexibility index (Phi) is 5.28. The average Bonchev–Trinajstić information content (AvgIpc) is 3.46. The number of hydrogen-bond donors (Lipinski definition) is 1. The van der Waals surface area contributed by atoms with Crippen LogP contribution in [0.2, 0.25) is 0 Å². The van der Waals surface area contributed by atoms with Gasteiger partial charge in [-0.1, -0.05) is 0 Å². The van der Waals surface area contributed by atoms with Crippen molar-refractivity contribution in [2.75, 3.05) is 19.1 Å². The molecule has 2 aromatic heterocycles. The molecule has 0 saturated heterocycles. The predicted molar refractivity (Wildman–Crippen MR) is 114 cm³/mol. The highest BCUT2D eigenvalue weighted by Gasteiger charge is 2.46. The number of rotatable bonds is 6. The molecule has 0 aliphatic carbocycles. The number of anilines is 1. The van der Waals surface area contributed by atoms with E-state index in [4.69, 9.17) is 13.9 Å². The number of furan rings is 1. The van der Waals surface area contributed by atoms with Gasteiger partial charge in [0.2, 0.25) is 5.78 Å². The van der Waals surface area contributed by atoms with Crippen molar-refractivity contribution in [3.05, 3.63) is 69.3 Å². The molecular weight excluding hydrogens is 420 g/mol. The van der Waals surface area contributed by atoms with E-state index >= 15 is 0 Å². The van der Waals surface area contributed by atoms with Crippen molar-refractivity contribution in [2.45, 2.75) is 19.9 Å². The summed E-state index contributed by atoms with van der Waals surface area (Å²) in [4.78, 5) is 32.6. The highest BCUT2D eigenvalue weighted by atomic mass is 32.1. The standard InChI is InChI=1S/C22H20N2O6S/c1-11-21(31-12(2)23-11)19(25)17-18(15-6-5-9-30-15)24(22(27)20(17)26)13-7-8-14(28-3)16(10-13)29-4/h5-10,18,26H,1-4H3. The Morgan fingerprint density at radius 1 is 1.19 bits per heavy atom. The van der Waals surface area contributed by atoms with E-state index in [1.807, 2.05) is 0 Å². The van der Waals surface area contributed by atoms with Gasteiger partial charge in [0.05, 0.1) is 41.6 Å². The number of ketones is 1. The molecule has 3 aromatic rings. The van der Waals surface area contributed by atoms with Crippen molar-refractivity contribution >= 4 is 28.7 Å². The lowest BCUT2D eigenvalue weighted by molar-refractivity contribution is -0.117. The minimum Gasteiger partial charge on any atom is -0.503 e. The molecule has 160 valence electrons. The number of aliphatic hydroxyl groups excluding tert-OH is 1. The molecule has 3 heterocycles. The zero-order chi connectivity index (χ0) is 22.3. The third-order valence-corrected chi connectivity index (χ3v) is 6.09. The van der Waals surface area contributed by atoms with E-state index in [9.17, 15) is 14.7 Å². The smallest absolute Gasteiger partial charge is 0.294 e. The molecule has 0 bridgehead atoms. The van der Waals surface area contributed by atoms with E-state index in [2.05, 4.69) is 4.98 Å². The molecule has 1 aromatic carbocycles. The highest BCUT2D eigenvalue weighted by molar-refractivity contribution is 7.14. The zero-order valence-electron chi connectivity index (χ0n) is 17.3. The van der Waals surface area contributed by atoms with Crippen LogP contribution in [0, 0.1) is 13.8 Å². The number of ether oxygens (including phenoxy) is 2. The van der Waals surface area contributed by atoms with Crippen LogP contribution in [0.4, 0.5) is 5.69 Å². The van der Waals surface area contributed by atoms with E-state index in [1.165, 1.54) is 36.7 Å². The van der Waals surface area contributed by atoms with Gasteiger partial charge in [0, 0.05) is 11.8 Å². The molecule has 1 atom stereocenters. The fourth-order valence-corrected chi connectivity index (χ4v) is 4.53. The summed E-state index contributed by atoms with van der Waals surface area (Å²) in [5.74, 6) is -0.564. The van der Waals surface area contributed by atoms with Crippen LogP contribution in [0.5, 0.6) is 11.5 Å². The maximum absolute atomic E-state index is 13.4. The second-order valence-electron chi connectivity index (χ2n) is 6.87. The molecule has 31 heavy (non-hydrogen) atoms. The van der Waals surface area contributed by atoms with Crippen LogP contribution in [0.1, 0.15) is 32.2 Å². The Bertz CT molecular complexity index is 1190. The van der Waals surface area contributed by atoms with E-state index in [0.29, 0.717) is 33.5 Å². The first kappa shape index (κ1) is 20.7. The van der Waals surface area contributed by atoms with Gasteiger partial charge in [-0.25, -0.2) is 4.98 Å². The van der Waals surface area contributed by atoms with Gasteiger partial charge in [0.1, 0.15) is 11.8 Å². The summed E-state index contributed by atoms with van der Waals surface area (Å²) in [5, 5.41) is 11.5. The summed E-state index contributed by atoms with van der Waals surface area (Å²) in [6.45, 7) is 3.52. The van der Waals surface area contributed by atoms with Gasteiger partial charge < -0.3 is 19.0 Å². The molecule has 1 unspecified atom stereocenters. The molecule has 1 aliphatic heterocycles. The summed E-state index contributed by atoms with van der Waals surface area (Å²) < 4.78 is 16.2. The molecule has 0 radical (unpaired) electrons. The SMILES string of the molecule is COc1ccc(N2C(=O)C(O)=C(C(=O)c3sc(C)nc3C)C2c2ccco2)cc1OC. The van der Waals surface area contributed by atoms with Crippen LogP contribution in [-0.4, -0.2) is 36.0 Å². The third kappa shape index (κ3) is 3.36. The number of thiazole rings is 1. The largest absolute Gasteiger partial charge is 0.503 e. The number of hydrogen-bond acceptors (Lipinski definition) is 8. The number of amides is 1. The molecule has 9 heteroatoms. The Morgan fingerprint density at radius 3 is 2.52 bits per heavy atom. The minimum atomic E-state index is -0.949. The van der Waals surface area contributed by atoms with Crippen molar-refractivity contribution in [2.24, 2.45) is 0 Å². The number of carbonyl (C=O) groups excluding carboxylic acids is 2. The van der Waals surface area contributed by atoms with Crippen LogP contribution in [0.25, 0.3) is 0 Å². The highest BCUT2D eigenvalue weighted by Crippen LogP contribution is 2.44. The maximum Gasteiger partial charge on any atom is 0.294 e. The number of aliphatic hydroxyl groups is 1. The molecule has 4 rings (SSSR count). The fraction of sp³-hybridized carbons (Fsp3) is 0.227. The summed E-state index contributed by atoms with van der Waals surface area (Å²) in [7, 11) is 2.99. The number of aromatic nitrogens is 1. The van der Waals surface area contributed by atoms with Crippen molar-refractivity contribution in [1.82, 2.24) is 4.98 Å². The van der Waals surface area contributed by atoms with E-state index < -0.39 is 23.5 Å². The van der Waals surface area contributed by atoms with Crippen molar-refractivity contribution < 1.29 is 28.6 Å². The van der Waals surface area contributed by atoms with Gasteiger partial charge >= 0.3 is 0 Å². The van der Waals surface area contributed by atoms with Crippen LogP contribution in [-0.2, 0) is 4.79 Å². The normalized spacial score (nSPS) is 16.2. The fourth-order valence-electron chi connectivity index (χ4n) is 3.66. The first-order valence-corrected chi connectivity index (χ1v) is 10.2. The van der Waals surface area contributed by atoms with Gasteiger partial charge in [-0.15, -0.1) is 11.3 Å². The second kappa shape index (κ2) is 7.92. The molecule has 1 N–H and O–H groups in total. The van der Waals surface area contributed by atoms with Crippen LogP contribution in [0.15, 0.2) is 52.3 Å². The Balaban J connectivity index is 1.86. The van der Waals surface area contributed by atoms with Crippen LogP contribution >= 0.6 is 11.3 Å². The summed E-state index contributed by atoms with van der Waals surface area (Å²) in [6.07, 6.45) is 1.45. The van der Waals surface area contributed by atoms with Crippen LogP contribution < -0.4 is 14.4 Å². The third-order valence-electron chi connectivity index (χ3n) is 5.02. The number of methoxy groups -OCH3 is 2. The summed E-state index contributed by atoms with van der Waals surface area (Å²) in [5.41, 5.74) is 0.903. The molecule has 0 saturated carbocycles. The average molecular weight is 440 g/mol. The number of aryl methyl sites for hydroxylation is 2. The van der Waals surface area contributed by atoms with E-state index in [-0.39, 0.29) is 5.57 Å². The number of Topliss-reactive ketones (excluding diaryl/α,β-unsaturated/α-hetero) is 1. The molecule has 0 fully saturated rings. The molecular formula is C22H20N2O6S. The van der Waals surface area contributed by atoms with Crippen LogP contribution in [0.3, 0.4) is 0 Å². The van der Waals surface area contributed by atoms with Gasteiger partial charge in [0.15, 0.2) is 17.3 Å². The van der Waals surface area contributed by atoms with Gasteiger partial charge in [-0.2, -0.15) is 0 Å². The number of carbonyl (C=O) groups is 2. The summed E-state index contributed by atoms with van der Waals surface area (Å²) in [6, 6.07) is 7.27. The van der Waals surface area contributed by atoms with Gasteiger partial charge in [-0.3, -0.25) is 14.5 Å². The molecule has 0 spiro atoms. The van der Waals surface area contributed by atoms with Crippen molar-refractivity contribution in [3.8, 4) is 11.5 Å². The Labute approximate surface area is 182 Å². The van der Waals surface area contributed by atoms with Gasteiger partial charge in [-0.05, 0) is 38.1 Å². The lowest BCUT2D eigenvalue weighted by Crippen LogP contribution is -2.30. The van der Waals surface area contributed by atoms with E-state index in [0.717, 1.165) is 5.01 Å². The summed E-state index contributed by atoms with van der Waals surface area (Å²) >= 11 is 1.22. The molecule has 1 aliphatic rings. The number of benzene rings is 1. The first-order chi connectivity index (χ1) is 14.9. The Morgan fingerprint density at radius 2 is 1.94 bits per heavy atom. The van der Waals surface area contributed by atoms with Crippen molar-refractivity contribution in [3.63, 3.8) is 0 Å². The molecule has 8 nitrogen and oxygen atoms in total. The first-order valence-electron chi connectivity index (χ1n) is 9.38. The van der Waals surface area contributed by atoms with Gasteiger partial charge in [0.25, 0.3) is 5.91 Å². The van der Waals surface area contributed by atoms with Crippen molar-refractivity contribution in [1.29, 1.82) is 0 Å². The topological polar surface area (TPSA) is 102 Å². The number of nitrogens with zero attached hydrogens (tertiary/aromatic N) is 2. The quantitative estimate of drug-likeness (QED) is 0.575. The lowest BCUT2D eigenvalue weighted by atomic mass is 9.99. The maximum atomic E-state index is 13.4. The molecule has 1 amide bonds. The predicted octanol–water partition coefficient (Wildman–Crippen LogP) is 4.15. The Hall–Kier alpha value is -3.59. The van der Waals surface area contributed by atoms with E-state index in [1.54, 1.807) is 44.2 Å². The zero-order valence-corrected chi connectivity index (χ0v) is 18.1. The monoisotopic (exact) mass is 440 g/mol. The lowest BCUT2D eigenvalue weighted by Gasteiger charge is -2.25. The minimum absolute atomic E-state index is 0.0542.